The van der Waals surface area contributed by atoms with E-state index in [0.29, 0.717) is 17.7 Å². The van der Waals surface area contributed by atoms with Gasteiger partial charge in [-0.2, -0.15) is 0 Å². The van der Waals surface area contributed by atoms with Crippen molar-refractivity contribution in [2.45, 2.75) is 13.3 Å². The van der Waals surface area contributed by atoms with E-state index < -0.39 is 0 Å². The number of aromatic amines is 1. The van der Waals surface area contributed by atoms with Crippen LogP contribution < -0.4 is 5.56 Å². The number of benzene rings is 1. The SMILES string of the molecule is CC=NC/C(O)=C\Cc1nc(-c2cc3ccccc3[nH]c2=O)cs1. The highest BCUT2D eigenvalue weighted by molar-refractivity contribution is 7.10. The molecule has 5 nitrogen and oxygen atoms in total. The zero-order valence-corrected chi connectivity index (χ0v) is 14.0. The smallest absolute Gasteiger partial charge is 0.257 e. The van der Waals surface area contributed by atoms with Gasteiger partial charge in [0.15, 0.2) is 0 Å². The van der Waals surface area contributed by atoms with Crippen molar-refractivity contribution in [1.82, 2.24) is 9.97 Å². The van der Waals surface area contributed by atoms with Crippen LogP contribution >= 0.6 is 11.3 Å². The summed E-state index contributed by atoms with van der Waals surface area (Å²) in [7, 11) is 0. The van der Waals surface area contributed by atoms with Gasteiger partial charge in [-0.05, 0) is 36.7 Å². The Bertz CT molecular complexity index is 970. The summed E-state index contributed by atoms with van der Waals surface area (Å²) in [5.41, 5.74) is 1.87. The van der Waals surface area contributed by atoms with E-state index in [0.717, 1.165) is 15.9 Å². The third-order valence-corrected chi connectivity index (χ3v) is 4.40. The normalized spacial score (nSPS) is 12.3. The van der Waals surface area contributed by atoms with Crippen LogP contribution in [0, 0.1) is 0 Å². The number of hydrogen-bond acceptors (Lipinski definition) is 5. The number of para-hydroxylation sites is 1. The molecule has 2 aromatic heterocycles. The molecular formula is C18H17N3O2S. The van der Waals surface area contributed by atoms with E-state index in [2.05, 4.69) is 15.0 Å². The summed E-state index contributed by atoms with van der Waals surface area (Å²) >= 11 is 1.47. The van der Waals surface area contributed by atoms with Gasteiger partial charge in [-0.25, -0.2) is 4.98 Å². The summed E-state index contributed by atoms with van der Waals surface area (Å²) in [6.07, 6.45) is 3.86. The van der Waals surface area contributed by atoms with Crippen molar-refractivity contribution in [2.24, 2.45) is 4.99 Å². The molecule has 0 amide bonds. The zero-order chi connectivity index (χ0) is 16.9. The van der Waals surface area contributed by atoms with Crippen molar-refractivity contribution in [2.75, 3.05) is 6.54 Å². The Morgan fingerprint density at radius 3 is 3.08 bits per heavy atom. The number of aliphatic hydroxyl groups excluding tert-OH is 1. The molecule has 0 atom stereocenters. The van der Waals surface area contributed by atoms with E-state index in [4.69, 9.17) is 0 Å². The molecule has 2 N–H and O–H groups in total. The zero-order valence-electron chi connectivity index (χ0n) is 13.2. The van der Waals surface area contributed by atoms with Crippen LogP contribution in [0.1, 0.15) is 11.9 Å². The number of aliphatic hydroxyl groups is 1. The van der Waals surface area contributed by atoms with Crippen molar-refractivity contribution < 1.29 is 5.11 Å². The molecule has 0 fully saturated rings. The molecule has 0 aliphatic carbocycles. The van der Waals surface area contributed by atoms with Gasteiger partial charge in [0.05, 0.1) is 22.8 Å². The van der Waals surface area contributed by atoms with Crippen molar-refractivity contribution in [3.63, 3.8) is 0 Å². The van der Waals surface area contributed by atoms with Crippen LogP contribution in [0.15, 0.2) is 57.3 Å². The first kappa shape index (κ1) is 16.1. The number of hydrogen-bond donors (Lipinski definition) is 2. The average molecular weight is 339 g/mol. The quantitative estimate of drug-likeness (QED) is 0.549. The Balaban J connectivity index is 1.85. The molecule has 3 rings (SSSR count). The minimum atomic E-state index is -0.152. The van der Waals surface area contributed by atoms with Crippen LogP contribution in [0.4, 0.5) is 0 Å². The number of aromatic nitrogens is 2. The van der Waals surface area contributed by atoms with Crippen LogP contribution in [0.3, 0.4) is 0 Å². The van der Waals surface area contributed by atoms with Crippen LogP contribution in [0.2, 0.25) is 0 Å². The molecule has 122 valence electrons. The van der Waals surface area contributed by atoms with Crippen LogP contribution in [-0.2, 0) is 6.42 Å². The summed E-state index contributed by atoms with van der Waals surface area (Å²) in [6.45, 7) is 2.08. The van der Waals surface area contributed by atoms with Gasteiger partial charge < -0.3 is 10.1 Å². The predicted molar refractivity (Wildman–Crippen MR) is 99.1 cm³/mol. The number of nitrogens with zero attached hydrogens (tertiary/aromatic N) is 2. The largest absolute Gasteiger partial charge is 0.511 e. The monoisotopic (exact) mass is 339 g/mol. The summed E-state index contributed by atoms with van der Waals surface area (Å²) < 4.78 is 0. The number of H-pyrrole nitrogens is 1. The maximum absolute atomic E-state index is 12.3. The topological polar surface area (TPSA) is 78.3 Å². The van der Waals surface area contributed by atoms with E-state index in [1.54, 1.807) is 12.3 Å². The fraction of sp³-hybridized carbons (Fsp3) is 0.167. The molecule has 3 aromatic rings. The van der Waals surface area contributed by atoms with E-state index >= 15 is 0 Å². The van der Waals surface area contributed by atoms with Crippen LogP contribution in [-0.4, -0.2) is 27.8 Å². The molecule has 0 unspecified atom stereocenters. The number of rotatable bonds is 5. The van der Waals surface area contributed by atoms with Crippen molar-refractivity contribution >= 4 is 28.5 Å². The lowest BCUT2D eigenvalue weighted by Gasteiger charge is -2.00. The molecule has 0 spiro atoms. The number of thiazole rings is 1. The van der Waals surface area contributed by atoms with Gasteiger partial charge in [0.2, 0.25) is 0 Å². The second-order valence-electron chi connectivity index (χ2n) is 5.22. The molecule has 2 heterocycles. The Hall–Kier alpha value is -2.73. The summed E-state index contributed by atoms with van der Waals surface area (Å²) in [6, 6.07) is 9.51. The molecule has 1 aromatic carbocycles. The molecule has 0 aliphatic rings. The van der Waals surface area contributed by atoms with Gasteiger partial charge >= 0.3 is 0 Å². The third kappa shape index (κ3) is 3.60. The first-order chi connectivity index (χ1) is 11.7. The number of pyridine rings is 1. The number of fused-ring (bicyclic) bond motifs is 1. The van der Waals surface area contributed by atoms with E-state index in [-0.39, 0.29) is 17.9 Å². The highest BCUT2D eigenvalue weighted by Gasteiger charge is 2.09. The Morgan fingerprint density at radius 1 is 1.42 bits per heavy atom. The predicted octanol–water partition coefficient (Wildman–Crippen LogP) is 3.73. The lowest BCUT2D eigenvalue weighted by Crippen LogP contribution is -2.08. The average Bonchev–Trinajstić information content (AvgIpc) is 3.06. The molecule has 0 bridgehead atoms. The fourth-order valence-corrected chi connectivity index (χ4v) is 3.08. The second kappa shape index (κ2) is 7.23. The molecular weight excluding hydrogens is 322 g/mol. The lowest BCUT2D eigenvalue weighted by atomic mass is 10.1. The van der Waals surface area contributed by atoms with Gasteiger partial charge in [-0.15, -0.1) is 11.3 Å². The molecule has 0 saturated heterocycles. The molecule has 0 aliphatic heterocycles. The van der Waals surface area contributed by atoms with E-state index in [1.165, 1.54) is 11.3 Å². The highest BCUT2D eigenvalue weighted by Crippen LogP contribution is 2.22. The standard InChI is InChI=1S/C18H17N3O2S/c1-2-19-10-13(22)7-8-17-20-16(11-24-17)14-9-12-5-3-4-6-15(12)21-18(14)23/h2-7,9,11,22H,8,10H2,1H3,(H,21,23)/b13-7+,19-2?. The Labute approximate surface area is 143 Å². The number of allylic oxidation sites excluding steroid dienone is 1. The molecule has 6 heteroatoms. The van der Waals surface area contributed by atoms with Crippen LogP contribution in [0.25, 0.3) is 22.2 Å². The molecule has 0 saturated carbocycles. The van der Waals surface area contributed by atoms with Gasteiger partial charge in [0, 0.05) is 17.3 Å². The molecule has 24 heavy (non-hydrogen) atoms. The Morgan fingerprint density at radius 2 is 2.25 bits per heavy atom. The minimum absolute atomic E-state index is 0.152. The first-order valence-electron chi connectivity index (χ1n) is 7.56. The Kier molecular flexibility index (Phi) is 4.86. The van der Waals surface area contributed by atoms with Gasteiger partial charge in [-0.1, -0.05) is 18.2 Å². The van der Waals surface area contributed by atoms with Gasteiger partial charge in [-0.3, -0.25) is 9.79 Å². The van der Waals surface area contributed by atoms with Crippen molar-refractivity contribution in [3.8, 4) is 11.3 Å². The summed E-state index contributed by atoms with van der Waals surface area (Å²) in [4.78, 5) is 23.6. The maximum atomic E-state index is 12.3. The van der Waals surface area contributed by atoms with Crippen molar-refractivity contribution in [3.05, 3.63) is 62.9 Å². The summed E-state index contributed by atoms with van der Waals surface area (Å²) in [5, 5.41) is 13.4. The minimum Gasteiger partial charge on any atom is -0.511 e. The second-order valence-corrected chi connectivity index (χ2v) is 6.17. The van der Waals surface area contributed by atoms with Gasteiger partial charge in [0.25, 0.3) is 5.56 Å². The lowest BCUT2D eigenvalue weighted by molar-refractivity contribution is 0.402. The first-order valence-corrected chi connectivity index (χ1v) is 8.44. The van der Waals surface area contributed by atoms with E-state index in [9.17, 15) is 9.90 Å². The highest BCUT2D eigenvalue weighted by atomic mass is 32.1. The summed E-state index contributed by atoms with van der Waals surface area (Å²) in [5.74, 6) is 0.216. The fourth-order valence-electron chi connectivity index (χ4n) is 2.32. The van der Waals surface area contributed by atoms with Crippen LogP contribution in [0.5, 0.6) is 0 Å². The van der Waals surface area contributed by atoms with E-state index in [1.807, 2.05) is 42.6 Å². The maximum Gasteiger partial charge on any atom is 0.257 e. The van der Waals surface area contributed by atoms with Crippen molar-refractivity contribution in [1.29, 1.82) is 0 Å². The molecule has 0 radical (unpaired) electrons. The number of nitrogens with one attached hydrogen (secondary N) is 1. The van der Waals surface area contributed by atoms with Gasteiger partial charge in [0.1, 0.15) is 5.76 Å². The number of aliphatic imine (C=N–C) groups is 1. The third-order valence-electron chi connectivity index (χ3n) is 3.53.